The number of nitrogens with zero attached hydrogens (tertiary/aromatic N) is 4. The molecular weight excluding hydrogens is 666 g/mol. The monoisotopic (exact) mass is 711 g/mol. The molecule has 4 N–H and O–H groups in total. The highest BCUT2D eigenvalue weighted by Gasteiger charge is 2.58. The molecule has 0 saturated heterocycles. The molecule has 7 rings (SSSR count). The number of amides is 2. The van der Waals surface area contributed by atoms with Crippen LogP contribution in [0.1, 0.15) is 79.9 Å². The highest BCUT2D eigenvalue weighted by molar-refractivity contribution is 6.42. The topological polar surface area (TPSA) is 141 Å². The fourth-order valence-corrected chi connectivity index (χ4v) is 8.96. The lowest BCUT2D eigenvalue weighted by Gasteiger charge is -2.35. The Hall–Kier alpha value is -4.32. The SMILES string of the molecule is CC(=NC1=C(C)CCNC1)C(=O)Nc1cccc(-c2cccc(NC(=O)c3nc4c(n3C)CCN(CC35CCC(C(=O)O)(CC3)C5)C4)c2Cl)c1C. The van der Waals surface area contributed by atoms with E-state index in [4.69, 9.17) is 16.6 Å². The number of rotatable bonds is 9. The third-order valence-corrected chi connectivity index (χ3v) is 12.2. The molecule has 2 aliphatic heterocycles. The number of imidazole rings is 1. The van der Waals surface area contributed by atoms with E-state index < -0.39 is 11.4 Å². The average molecular weight is 712 g/mol. The van der Waals surface area contributed by atoms with Crippen LogP contribution in [0.4, 0.5) is 11.4 Å². The van der Waals surface area contributed by atoms with E-state index in [9.17, 15) is 19.5 Å². The number of halogens is 1. The van der Waals surface area contributed by atoms with Crippen molar-refractivity contribution in [1.29, 1.82) is 0 Å². The van der Waals surface area contributed by atoms with Crippen LogP contribution in [-0.4, -0.2) is 69.2 Å². The summed E-state index contributed by atoms with van der Waals surface area (Å²) < 4.78 is 1.88. The summed E-state index contributed by atoms with van der Waals surface area (Å²) in [6.07, 6.45) is 5.91. The highest BCUT2D eigenvalue weighted by atomic mass is 35.5. The van der Waals surface area contributed by atoms with E-state index in [2.05, 4.69) is 32.8 Å². The van der Waals surface area contributed by atoms with Crippen LogP contribution in [0.15, 0.2) is 52.7 Å². The zero-order chi connectivity index (χ0) is 36.1. The number of aromatic nitrogens is 2. The van der Waals surface area contributed by atoms with Crippen LogP contribution < -0.4 is 16.0 Å². The Kier molecular flexibility index (Phi) is 9.41. The van der Waals surface area contributed by atoms with Gasteiger partial charge in [-0.1, -0.05) is 35.9 Å². The van der Waals surface area contributed by atoms with Crippen molar-refractivity contribution in [2.45, 2.75) is 72.3 Å². The Morgan fingerprint density at radius 2 is 1.75 bits per heavy atom. The number of aliphatic carboxylic acids is 1. The Bertz CT molecular complexity index is 1990. The van der Waals surface area contributed by atoms with Crippen molar-refractivity contribution < 1.29 is 19.5 Å². The van der Waals surface area contributed by atoms with E-state index in [-0.39, 0.29) is 17.2 Å². The standard InChI is InChI=1S/C39H46ClN7O4/c1-23-11-17-41-19-30(23)42-25(3)35(48)44-28-9-5-7-26(24(28)2)27-8-6-10-29(33(27)40)45-36(49)34-43-31-20-47(18-12-32(31)46(34)4)22-38-13-15-39(21-38,16-14-38)37(50)51/h5-10,41H,11-22H2,1-4H3,(H,44,48)(H,45,49)(H,50,51). The molecule has 3 aromatic rings. The molecule has 268 valence electrons. The maximum Gasteiger partial charge on any atom is 0.309 e. The quantitative estimate of drug-likeness (QED) is 0.189. The van der Waals surface area contributed by atoms with Gasteiger partial charge in [-0.05, 0) is 100 Å². The zero-order valence-corrected chi connectivity index (χ0v) is 30.5. The first-order valence-electron chi connectivity index (χ1n) is 17.8. The first kappa shape index (κ1) is 35.1. The van der Waals surface area contributed by atoms with Gasteiger partial charge in [-0.3, -0.25) is 24.3 Å². The van der Waals surface area contributed by atoms with E-state index in [0.29, 0.717) is 41.0 Å². The summed E-state index contributed by atoms with van der Waals surface area (Å²) in [5.41, 5.74) is 7.45. The smallest absolute Gasteiger partial charge is 0.309 e. The molecule has 1 aromatic heterocycles. The van der Waals surface area contributed by atoms with Crippen molar-refractivity contribution in [3.8, 4) is 11.1 Å². The van der Waals surface area contributed by atoms with Crippen LogP contribution in [-0.2, 0) is 29.6 Å². The van der Waals surface area contributed by atoms with E-state index in [1.807, 2.05) is 48.9 Å². The van der Waals surface area contributed by atoms with Gasteiger partial charge in [-0.2, -0.15) is 0 Å². The third kappa shape index (κ3) is 6.63. The number of hydrogen-bond acceptors (Lipinski definition) is 7. The molecule has 0 unspecified atom stereocenters. The molecule has 2 fully saturated rings. The molecule has 51 heavy (non-hydrogen) atoms. The summed E-state index contributed by atoms with van der Waals surface area (Å²) in [4.78, 5) is 50.6. The van der Waals surface area contributed by atoms with Gasteiger partial charge in [0.2, 0.25) is 0 Å². The first-order chi connectivity index (χ1) is 24.4. The predicted molar refractivity (Wildman–Crippen MR) is 199 cm³/mol. The summed E-state index contributed by atoms with van der Waals surface area (Å²) in [5, 5.41) is 19.5. The normalized spacial score (nSPS) is 23.4. The molecule has 2 amide bonds. The lowest BCUT2D eigenvalue weighted by molar-refractivity contribution is -0.148. The Balaban J connectivity index is 1.05. The average Bonchev–Trinajstić information content (AvgIpc) is 3.78. The van der Waals surface area contributed by atoms with Gasteiger partial charge in [0.05, 0.1) is 27.5 Å². The molecule has 0 spiro atoms. The minimum absolute atomic E-state index is 0.0625. The second-order valence-electron chi connectivity index (χ2n) is 15.0. The van der Waals surface area contributed by atoms with Crippen molar-refractivity contribution >= 4 is 46.5 Å². The number of aliphatic imine (C=N–C) groups is 1. The molecular formula is C39H46ClN7O4. The van der Waals surface area contributed by atoms with Gasteiger partial charge in [0, 0.05) is 56.6 Å². The molecule has 2 saturated carbocycles. The maximum absolute atomic E-state index is 13.7. The van der Waals surface area contributed by atoms with Gasteiger partial charge in [0.25, 0.3) is 11.8 Å². The number of carbonyl (C=O) groups excluding carboxylic acids is 2. The summed E-state index contributed by atoms with van der Waals surface area (Å²) in [6, 6.07) is 11.2. The van der Waals surface area contributed by atoms with Crippen LogP contribution >= 0.6 is 11.6 Å². The van der Waals surface area contributed by atoms with Crippen molar-refractivity contribution in [3.63, 3.8) is 0 Å². The van der Waals surface area contributed by atoms with Gasteiger partial charge >= 0.3 is 5.97 Å². The van der Waals surface area contributed by atoms with Gasteiger partial charge in [0.15, 0.2) is 5.82 Å². The lowest BCUT2D eigenvalue weighted by Crippen LogP contribution is -2.39. The zero-order valence-electron chi connectivity index (χ0n) is 29.8. The number of carboxylic acids is 1. The minimum Gasteiger partial charge on any atom is -0.481 e. The first-order valence-corrected chi connectivity index (χ1v) is 18.2. The molecule has 0 radical (unpaired) electrons. The fourth-order valence-electron chi connectivity index (χ4n) is 8.68. The van der Waals surface area contributed by atoms with Crippen molar-refractivity contribution in [3.05, 3.63) is 75.5 Å². The van der Waals surface area contributed by atoms with E-state index in [1.165, 1.54) is 5.57 Å². The summed E-state index contributed by atoms with van der Waals surface area (Å²) in [7, 11) is 1.88. The largest absolute Gasteiger partial charge is 0.481 e. The molecule has 4 aliphatic rings. The fraction of sp³-hybridized carbons (Fsp3) is 0.462. The molecule has 2 aromatic carbocycles. The third-order valence-electron chi connectivity index (χ3n) is 11.7. The number of benzene rings is 2. The van der Waals surface area contributed by atoms with Gasteiger partial charge in [-0.15, -0.1) is 0 Å². The van der Waals surface area contributed by atoms with Crippen LogP contribution in [0.5, 0.6) is 0 Å². The van der Waals surface area contributed by atoms with Crippen LogP contribution in [0, 0.1) is 17.8 Å². The molecule has 2 bridgehead atoms. The summed E-state index contributed by atoms with van der Waals surface area (Å²) in [5.74, 6) is -0.939. The number of nitrogens with one attached hydrogen (secondary N) is 3. The van der Waals surface area contributed by atoms with Gasteiger partial charge in [-0.25, -0.2) is 4.98 Å². The molecule has 0 atom stereocenters. The number of carboxylic acid groups (broad SMARTS) is 1. The number of hydrogen-bond donors (Lipinski definition) is 4. The van der Waals surface area contributed by atoms with Crippen LogP contribution in [0.2, 0.25) is 5.02 Å². The Morgan fingerprint density at radius 3 is 2.45 bits per heavy atom. The molecule has 11 nitrogen and oxygen atoms in total. The Morgan fingerprint density at radius 1 is 1.02 bits per heavy atom. The van der Waals surface area contributed by atoms with E-state index >= 15 is 0 Å². The maximum atomic E-state index is 13.7. The van der Waals surface area contributed by atoms with Gasteiger partial charge < -0.3 is 25.6 Å². The van der Waals surface area contributed by atoms with Crippen molar-refractivity contribution in [2.75, 3.05) is 36.8 Å². The van der Waals surface area contributed by atoms with Crippen LogP contribution in [0.25, 0.3) is 11.1 Å². The van der Waals surface area contributed by atoms with E-state index in [1.54, 1.807) is 13.0 Å². The van der Waals surface area contributed by atoms with Gasteiger partial charge in [0.1, 0.15) is 5.71 Å². The molecule has 12 heteroatoms. The minimum atomic E-state index is -0.640. The number of carbonyl (C=O) groups is 3. The summed E-state index contributed by atoms with van der Waals surface area (Å²) in [6.45, 7) is 9.63. The Labute approximate surface area is 303 Å². The number of fused-ring (bicyclic) bond motifs is 3. The van der Waals surface area contributed by atoms with Crippen molar-refractivity contribution in [1.82, 2.24) is 19.8 Å². The predicted octanol–water partition coefficient (Wildman–Crippen LogP) is 6.36. The summed E-state index contributed by atoms with van der Waals surface area (Å²) >= 11 is 6.98. The second kappa shape index (κ2) is 13.7. The lowest BCUT2D eigenvalue weighted by atomic mass is 9.81. The second-order valence-corrected chi connectivity index (χ2v) is 15.4. The van der Waals surface area contributed by atoms with Crippen LogP contribution in [0.3, 0.4) is 0 Å². The molecule has 2 aliphatic carbocycles. The molecule has 3 heterocycles. The highest BCUT2D eigenvalue weighted by Crippen LogP contribution is 2.62. The van der Waals surface area contributed by atoms with E-state index in [0.717, 1.165) is 98.4 Å². The number of anilines is 2. The van der Waals surface area contributed by atoms with Crippen molar-refractivity contribution in [2.24, 2.45) is 22.9 Å².